The van der Waals surface area contributed by atoms with Crippen LogP contribution in [-0.2, 0) is 4.79 Å². The minimum atomic E-state index is -0.992. The van der Waals surface area contributed by atoms with Gasteiger partial charge in [0.25, 0.3) is 5.91 Å². The van der Waals surface area contributed by atoms with Crippen LogP contribution in [0.25, 0.3) is 6.08 Å². The Hall–Kier alpha value is -2.10. The fourth-order valence-corrected chi connectivity index (χ4v) is 2.79. The third kappa shape index (κ3) is 4.18. The lowest BCUT2D eigenvalue weighted by Gasteiger charge is -2.16. The zero-order valence-corrected chi connectivity index (χ0v) is 12.3. The highest BCUT2D eigenvalue weighted by atomic mass is 16.4. The van der Waals surface area contributed by atoms with Crippen LogP contribution in [0.15, 0.2) is 30.3 Å². The van der Waals surface area contributed by atoms with Gasteiger partial charge in [0, 0.05) is 24.7 Å². The van der Waals surface area contributed by atoms with E-state index in [1.165, 1.54) is 12.5 Å². The second-order valence-electron chi connectivity index (χ2n) is 5.49. The van der Waals surface area contributed by atoms with Crippen LogP contribution in [0.2, 0.25) is 0 Å². The molecule has 1 fully saturated rings. The molecule has 4 nitrogen and oxygen atoms in total. The van der Waals surface area contributed by atoms with Gasteiger partial charge in [-0.25, -0.2) is 4.79 Å². The van der Waals surface area contributed by atoms with Crippen molar-refractivity contribution in [3.8, 4) is 0 Å². The van der Waals surface area contributed by atoms with Gasteiger partial charge in [0.1, 0.15) is 0 Å². The number of carboxylic acids is 1. The highest BCUT2D eigenvalue weighted by Crippen LogP contribution is 2.22. The van der Waals surface area contributed by atoms with Crippen molar-refractivity contribution in [3.63, 3.8) is 0 Å². The van der Waals surface area contributed by atoms with Gasteiger partial charge in [0.15, 0.2) is 0 Å². The summed E-state index contributed by atoms with van der Waals surface area (Å²) in [5, 5.41) is 8.64. The average Bonchev–Trinajstić information content (AvgIpc) is 2.94. The van der Waals surface area contributed by atoms with Crippen LogP contribution in [0.3, 0.4) is 0 Å². The molecule has 1 amide bonds. The molecule has 1 aliphatic heterocycles. The fourth-order valence-electron chi connectivity index (χ4n) is 2.79. The summed E-state index contributed by atoms with van der Waals surface area (Å²) in [5.41, 5.74) is 1.35. The van der Waals surface area contributed by atoms with E-state index in [2.05, 4.69) is 6.92 Å². The van der Waals surface area contributed by atoms with Crippen LogP contribution < -0.4 is 0 Å². The van der Waals surface area contributed by atoms with Gasteiger partial charge in [-0.1, -0.05) is 25.5 Å². The molecule has 1 N–H and O–H groups in total. The van der Waals surface area contributed by atoms with Gasteiger partial charge in [-0.05, 0) is 42.5 Å². The van der Waals surface area contributed by atoms with E-state index >= 15 is 0 Å². The molecular weight excluding hydrogens is 266 g/mol. The Labute approximate surface area is 125 Å². The van der Waals surface area contributed by atoms with Gasteiger partial charge in [-0.15, -0.1) is 0 Å². The minimum absolute atomic E-state index is 0.0409. The molecule has 1 aromatic rings. The van der Waals surface area contributed by atoms with Crippen molar-refractivity contribution >= 4 is 18.0 Å². The standard InChI is InChI=1S/C17H21NO3/c1-2-4-14-9-10-18(12-14)17(21)15-6-3-5-13(11-15)7-8-16(19)20/h3,5-8,11,14H,2,4,9-10,12H2,1H3,(H,19,20)/b8-7+. The van der Waals surface area contributed by atoms with E-state index in [1.54, 1.807) is 24.3 Å². The lowest BCUT2D eigenvalue weighted by Crippen LogP contribution is -2.28. The summed E-state index contributed by atoms with van der Waals surface area (Å²) < 4.78 is 0. The number of carboxylic acid groups (broad SMARTS) is 1. The van der Waals surface area contributed by atoms with Crippen molar-refractivity contribution in [2.75, 3.05) is 13.1 Å². The molecule has 1 atom stereocenters. The van der Waals surface area contributed by atoms with Crippen molar-refractivity contribution in [3.05, 3.63) is 41.5 Å². The maximum Gasteiger partial charge on any atom is 0.328 e. The van der Waals surface area contributed by atoms with E-state index in [9.17, 15) is 9.59 Å². The van der Waals surface area contributed by atoms with Crippen LogP contribution in [0, 0.1) is 5.92 Å². The second-order valence-corrected chi connectivity index (χ2v) is 5.49. The number of nitrogens with zero attached hydrogens (tertiary/aromatic N) is 1. The van der Waals surface area contributed by atoms with E-state index in [0.717, 1.165) is 37.6 Å². The Morgan fingerprint density at radius 3 is 2.95 bits per heavy atom. The summed E-state index contributed by atoms with van der Waals surface area (Å²) in [6.07, 6.45) is 5.99. The summed E-state index contributed by atoms with van der Waals surface area (Å²) in [6, 6.07) is 7.11. The van der Waals surface area contributed by atoms with Gasteiger partial charge < -0.3 is 10.0 Å². The van der Waals surface area contributed by atoms with Gasteiger partial charge in [-0.2, -0.15) is 0 Å². The molecule has 0 radical (unpaired) electrons. The van der Waals surface area contributed by atoms with E-state index in [-0.39, 0.29) is 5.91 Å². The molecule has 1 heterocycles. The first-order valence-electron chi connectivity index (χ1n) is 7.40. The number of likely N-dealkylation sites (tertiary alicyclic amines) is 1. The summed E-state index contributed by atoms with van der Waals surface area (Å²) in [6.45, 7) is 3.82. The van der Waals surface area contributed by atoms with Gasteiger partial charge in [-0.3, -0.25) is 4.79 Å². The number of aliphatic carboxylic acids is 1. The molecule has 0 bridgehead atoms. The van der Waals surface area contributed by atoms with E-state index in [0.29, 0.717) is 11.5 Å². The van der Waals surface area contributed by atoms with Crippen molar-refractivity contribution < 1.29 is 14.7 Å². The van der Waals surface area contributed by atoms with Crippen molar-refractivity contribution in [2.24, 2.45) is 5.92 Å². The van der Waals surface area contributed by atoms with Gasteiger partial charge in [0.05, 0.1) is 0 Å². The number of benzene rings is 1. The van der Waals surface area contributed by atoms with Crippen LogP contribution in [0.5, 0.6) is 0 Å². The lowest BCUT2D eigenvalue weighted by molar-refractivity contribution is -0.131. The average molecular weight is 287 g/mol. The predicted molar refractivity (Wildman–Crippen MR) is 82.0 cm³/mol. The fraction of sp³-hybridized carbons (Fsp3) is 0.412. The quantitative estimate of drug-likeness (QED) is 0.847. The summed E-state index contributed by atoms with van der Waals surface area (Å²) in [4.78, 5) is 24.9. The SMILES string of the molecule is CCCC1CCN(C(=O)c2cccc(/C=C/C(=O)O)c2)C1. The third-order valence-electron chi connectivity index (χ3n) is 3.82. The molecule has 2 rings (SSSR count). The molecule has 1 aliphatic rings. The smallest absolute Gasteiger partial charge is 0.328 e. The third-order valence-corrected chi connectivity index (χ3v) is 3.82. The van der Waals surface area contributed by atoms with Crippen LogP contribution >= 0.6 is 0 Å². The second kappa shape index (κ2) is 7.07. The Balaban J connectivity index is 2.06. The van der Waals surface area contributed by atoms with Crippen LogP contribution in [0.4, 0.5) is 0 Å². The number of rotatable bonds is 5. The molecule has 4 heteroatoms. The molecule has 21 heavy (non-hydrogen) atoms. The first-order chi connectivity index (χ1) is 10.1. The Morgan fingerprint density at radius 1 is 1.43 bits per heavy atom. The number of amides is 1. The van der Waals surface area contributed by atoms with E-state index in [4.69, 9.17) is 5.11 Å². The minimum Gasteiger partial charge on any atom is -0.478 e. The molecule has 1 saturated heterocycles. The predicted octanol–water partition coefficient (Wildman–Crippen LogP) is 3.05. The molecule has 1 unspecified atom stereocenters. The molecule has 112 valence electrons. The van der Waals surface area contributed by atoms with E-state index in [1.807, 2.05) is 4.90 Å². The summed E-state index contributed by atoms with van der Waals surface area (Å²) in [7, 11) is 0. The topological polar surface area (TPSA) is 57.6 Å². The van der Waals surface area contributed by atoms with Crippen molar-refractivity contribution in [1.82, 2.24) is 4.90 Å². The van der Waals surface area contributed by atoms with E-state index < -0.39 is 5.97 Å². The largest absolute Gasteiger partial charge is 0.478 e. The monoisotopic (exact) mass is 287 g/mol. The summed E-state index contributed by atoms with van der Waals surface area (Å²) >= 11 is 0. The van der Waals surface area contributed by atoms with Crippen molar-refractivity contribution in [1.29, 1.82) is 0 Å². The molecule has 1 aromatic carbocycles. The first kappa shape index (κ1) is 15.3. The van der Waals surface area contributed by atoms with Gasteiger partial charge >= 0.3 is 5.97 Å². The normalized spacial score (nSPS) is 18.3. The van der Waals surface area contributed by atoms with Crippen LogP contribution in [0.1, 0.15) is 42.1 Å². The number of hydrogen-bond donors (Lipinski definition) is 1. The highest BCUT2D eigenvalue weighted by molar-refractivity contribution is 5.95. The molecule has 0 saturated carbocycles. The number of carbonyl (C=O) groups excluding carboxylic acids is 1. The number of hydrogen-bond acceptors (Lipinski definition) is 2. The Morgan fingerprint density at radius 2 is 2.24 bits per heavy atom. The summed E-state index contributed by atoms with van der Waals surface area (Å²) in [5.74, 6) is -0.332. The first-order valence-corrected chi connectivity index (χ1v) is 7.40. The molecular formula is C17H21NO3. The molecule has 0 spiro atoms. The molecule has 0 aromatic heterocycles. The Kier molecular flexibility index (Phi) is 5.14. The zero-order valence-electron chi connectivity index (χ0n) is 12.3. The molecule has 0 aliphatic carbocycles. The lowest BCUT2D eigenvalue weighted by atomic mass is 10.0. The highest BCUT2D eigenvalue weighted by Gasteiger charge is 2.26. The van der Waals surface area contributed by atoms with Crippen molar-refractivity contribution in [2.45, 2.75) is 26.2 Å². The maximum absolute atomic E-state index is 12.5. The zero-order chi connectivity index (χ0) is 15.2. The van der Waals surface area contributed by atoms with Gasteiger partial charge in [0.2, 0.25) is 0 Å². The van der Waals surface area contributed by atoms with Crippen LogP contribution in [-0.4, -0.2) is 35.0 Å². The Bertz CT molecular complexity index is 551. The number of carbonyl (C=O) groups is 2. The maximum atomic E-state index is 12.5.